The van der Waals surface area contributed by atoms with E-state index in [9.17, 15) is 9.59 Å². The molecule has 0 aliphatic heterocycles. The van der Waals surface area contributed by atoms with Gasteiger partial charge < -0.3 is 10.4 Å². The molecule has 82 valence electrons. The number of aliphatic imine (C=N–C) groups is 1. The Morgan fingerprint density at radius 1 is 1.38 bits per heavy atom. The number of carbonyl (C=O) groups is 2. The van der Waals surface area contributed by atoms with E-state index in [1.807, 2.05) is 0 Å². The van der Waals surface area contributed by atoms with Gasteiger partial charge in [0.1, 0.15) is 6.54 Å². The highest BCUT2D eigenvalue weighted by Gasteiger charge is 2.06. The van der Waals surface area contributed by atoms with Gasteiger partial charge in [-0.1, -0.05) is 0 Å². The van der Waals surface area contributed by atoms with Gasteiger partial charge >= 0.3 is 5.97 Å². The van der Waals surface area contributed by atoms with E-state index in [4.69, 9.17) is 5.11 Å². The number of carboxylic acid groups (broad SMARTS) is 1. The molecule has 0 bridgehead atoms. The first-order valence-electron chi connectivity index (χ1n) is 4.31. The fourth-order valence-electron chi connectivity index (χ4n) is 0.998. The van der Waals surface area contributed by atoms with Gasteiger partial charge in [0, 0.05) is 5.56 Å². The van der Waals surface area contributed by atoms with Gasteiger partial charge in [0.25, 0.3) is 5.91 Å². The quantitative estimate of drug-likeness (QED) is 0.609. The fraction of sp³-hybridized carbons (Fsp3) is 0.100. The minimum atomic E-state index is -1.09. The Balaban J connectivity index is 2.70. The molecule has 1 aromatic carbocycles. The molecule has 0 saturated carbocycles. The number of amides is 1. The van der Waals surface area contributed by atoms with Crippen molar-refractivity contribution in [2.75, 3.05) is 6.54 Å². The van der Waals surface area contributed by atoms with E-state index in [2.05, 4.69) is 27.7 Å². The summed E-state index contributed by atoms with van der Waals surface area (Å²) >= 11 is 4.43. The minimum absolute atomic E-state index is 0.365. The summed E-state index contributed by atoms with van der Waals surface area (Å²) in [6.07, 6.45) is 0. The molecule has 1 aromatic rings. The zero-order valence-corrected chi connectivity index (χ0v) is 8.95. The number of hydrogen-bond donors (Lipinski definition) is 2. The number of isothiocyanates is 1. The average Bonchev–Trinajstić information content (AvgIpc) is 2.27. The number of rotatable bonds is 4. The summed E-state index contributed by atoms with van der Waals surface area (Å²) in [6, 6.07) is 6.25. The summed E-state index contributed by atoms with van der Waals surface area (Å²) < 4.78 is 0. The monoisotopic (exact) mass is 236 g/mol. The van der Waals surface area contributed by atoms with Gasteiger partial charge in [0.2, 0.25) is 0 Å². The van der Waals surface area contributed by atoms with Crippen LogP contribution in [-0.4, -0.2) is 28.7 Å². The average molecular weight is 236 g/mol. The van der Waals surface area contributed by atoms with E-state index in [0.717, 1.165) is 0 Å². The van der Waals surface area contributed by atoms with Crippen LogP contribution in [0.4, 0.5) is 5.69 Å². The second-order valence-corrected chi connectivity index (χ2v) is 3.01. The topological polar surface area (TPSA) is 78.8 Å². The first-order chi connectivity index (χ1) is 7.63. The van der Waals surface area contributed by atoms with Crippen molar-refractivity contribution < 1.29 is 14.7 Å². The molecular weight excluding hydrogens is 228 g/mol. The third-order valence-corrected chi connectivity index (χ3v) is 1.80. The Morgan fingerprint density at radius 2 is 2.00 bits per heavy atom. The largest absolute Gasteiger partial charge is 0.480 e. The SMILES string of the molecule is O=C(O)CNC(=O)c1ccc(N=C=S)cc1. The Bertz CT molecular complexity index is 450. The Kier molecular flexibility index (Phi) is 4.32. The van der Waals surface area contributed by atoms with Crippen LogP contribution in [0.25, 0.3) is 0 Å². The lowest BCUT2D eigenvalue weighted by Crippen LogP contribution is -2.29. The smallest absolute Gasteiger partial charge is 0.322 e. The molecule has 6 heteroatoms. The molecule has 0 saturated heterocycles. The van der Waals surface area contributed by atoms with Crippen LogP contribution in [-0.2, 0) is 4.79 Å². The van der Waals surface area contributed by atoms with Gasteiger partial charge in [0.05, 0.1) is 10.8 Å². The van der Waals surface area contributed by atoms with Crippen LogP contribution in [0.15, 0.2) is 29.3 Å². The lowest BCUT2D eigenvalue weighted by molar-refractivity contribution is -0.135. The van der Waals surface area contributed by atoms with Crippen LogP contribution in [0.1, 0.15) is 10.4 Å². The second-order valence-electron chi connectivity index (χ2n) is 2.83. The molecule has 5 nitrogen and oxygen atoms in total. The molecule has 0 aromatic heterocycles. The summed E-state index contributed by atoms with van der Waals surface area (Å²) in [4.78, 5) is 25.3. The first-order valence-corrected chi connectivity index (χ1v) is 4.72. The molecular formula is C10H8N2O3S. The predicted molar refractivity (Wildman–Crippen MR) is 61.1 cm³/mol. The third-order valence-electron chi connectivity index (χ3n) is 1.70. The van der Waals surface area contributed by atoms with Crippen LogP contribution in [0.2, 0.25) is 0 Å². The number of nitrogens with zero attached hydrogens (tertiary/aromatic N) is 1. The molecule has 1 amide bonds. The Labute approximate surface area is 96.8 Å². The van der Waals surface area contributed by atoms with Gasteiger partial charge in [0.15, 0.2) is 0 Å². The van der Waals surface area contributed by atoms with E-state index in [0.29, 0.717) is 11.3 Å². The molecule has 0 heterocycles. The van der Waals surface area contributed by atoms with E-state index in [-0.39, 0.29) is 0 Å². The summed E-state index contributed by atoms with van der Waals surface area (Å²) in [7, 11) is 0. The highest BCUT2D eigenvalue weighted by molar-refractivity contribution is 7.78. The van der Waals surface area contributed by atoms with Crippen molar-refractivity contribution in [1.29, 1.82) is 0 Å². The molecule has 16 heavy (non-hydrogen) atoms. The number of thiocarbonyl (C=S) groups is 1. The lowest BCUT2D eigenvalue weighted by Gasteiger charge is -2.01. The van der Waals surface area contributed by atoms with Crippen LogP contribution in [0.5, 0.6) is 0 Å². The number of hydrogen-bond acceptors (Lipinski definition) is 4. The highest BCUT2D eigenvalue weighted by atomic mass is 32.1. The molecule has 0 unspecified atom stereocenters. The van der Waals surface area contributed by atoms with Crippen molar-refractivity contribution in [3.05, 3.63) is 29.8 Å². The minimum Gasteiger partial charge on any atom is -0.480 e. The number of aliphatic carboxylic acids is 1. The second kappa shape index (κ2) is 5.75. The van der Waals surface area contributed by atoms with E-state index >= 15 is 0 Å². The van der Waals surface area contributed by atoms with E-state index in [1.54, 1.807) is 12.1 Å². The highest BCUT2D eigenvalue weighted by Crippen LogP contribution is 2.11. The molecule has 0 aliphatic rings. The van der Waals surface area contributed by atoms with Gasteiger partial charge in [-0.3, -0.25) is 9.59 Å². The van der Waals surface area contributed by atoms with Crippen molar-refractivity contribution in [2.24, 2.45) is 4.99 Å². The summed E-state index contributed by atoms with van der Waals surface area (Å²) in [5, 5.41) is 12.8. The molecule has 0 spiro atoms. The first kappa shape index (κ1) is 12.0. The summed E-state index contributed by atoms with van der Waals surface area (Å²) in [5.41, 5.74) is 0.953. The van der Waals surface area contributed by atoms with Crippen LogP contribution < -0.4 is 5.32 Å². The number of carbonyl (C=O) groups excluding carboxylic acids is 1. The van der Waals surface area contributed by atoms with Crippen LogP contribution >= 0.6 is 12.2 Å². The zero-order chi connectivity index (χ0) is 12.0. The normalized spacial score (nSPS) is 9.00. The van der Waals surface area contributed by atoms with Gasteiger partial charge in [-0.2, -0.15) is 4.99 Å². The number of carboxylic acids is 1. The lowest BCUT2D eigenvalue weighted by atomic mass is 10.2. The number of nitrogens with one attached hydrogen (secondary N) is 1. The standard InChI is InChI=1S/C10H8N2O3S/c13-9(14)5-11-10(15)7-1-3-8(4-2-7)12-6-16/h1-4H,5H2,(H,11,15)(H,13,14). The summed E-state index contributed by atoms with van der Waals surface area (Å²) in [5.74, 6) is -1.53. The Hall–Kier alpha value is -2.04. The molecule has 2 N–H and O–H groups in total. The van der Waals surface area contributed by atoms with Crippen molar-refractivity contribution in [3.8, 4) is 0 Å². The third kappa shape index (κ3) is 3.61. The number of benzene rings is 1. The van der Waals surface area contributed by atoms with Gasteiger partial charge in [-0.25, -0.2) is 0 Å². The van der Waals surface area contributed by atoms with Gasteiger partial charge in [-0.05, 0) is 36.5 Å². The van der Waals surface area contributed by atoms with E-state index < -0.39 is 18.4 Å². The maximum atomic E-state index is 11.4. The van der Waals surface area contributed by atoms with Crippen LogP contribution in [0.3, 0.4) is 0 Å². The molecule has 0 radical (unpaired) electrons. The Morgan fingerprint density at radius 3 is 2.50 bits per heavy atom. The molecule has 0 aliphatic carbocycles. The maximum Gasteiger partial charge on any atom is 0.322 e. The predicted octanol–water partition coefficient (Wildman–Crippen LogP) is 1.24. The van der Waals surface area contributed by atoms with Crippen molar-refractivity contribution in [3.63, 3.8) is 0 Å². The van der Waals surface area contributed by atoms with Crippen LogP contribution in [0, 0.1) is 0 Å². The van der Waals surface area contributed by atoms with Crippen molar-refractivity contribution >= 4 is 34.9 Å². The molecule has 0 atom stereocenters. The maximum absolute atomic E-state index is 11.4. The zero-order valence-electron chi connectivity index (χ0n) is 8.14. The molecule has 1 rings (SSSR count). The van der Waals surface area contributed by atoms with E-state index in [1.165, 1.54) is 12.1 Å². The van der Waals surface area contributed by atoms with Crippen molar-refractivity contribution in [2.45, 2.75) is 0 Å². The molecule has 0 fully saturated rings. The summed E-state index contributed by atoms with van der Waals surface area (Å²) in [6.45, 7) is -0.404. The van der Waals surface area contributed by atoms with Gasteiger partial charge in [-0.15, -0.1) is 0 Å². The fourth-order valence-corrected chi connectivity index (χ4v) is 1.10. The van der Waals surface area contributed by atoms with Crippen molar-refractivity contribution in [1.82, 2.24) is 5.32 Å².